The van der Waals surface area contributed by atoms with E-state index in [-0.39, 0.29) is 17.6 Å². The maximum absolute atomic E-state index is 13.5. The number of benzene rings is 1. The minimum atomic E-state index is -4.56. The SMILES string of the molecule is FC(F)(F)c1cc(N2CCCC(COc3ccccc3)C2)nc(-c2ccccn2)n1. The average Bonchev–Trinajstić information content (AvgIpc) is 2.78. The van der Waals surface area contributed by atoms with Crippen molar-refractivity contribution in [2.45, 2.75) is 19.0 Å². The first-order valence-electron chi connectivity index (χ1n) is 9.79. The third-order valence-electron chi connectivity index (χ3n) is 4.97. The van der Waals surface area contributed by atoms with Crippen LogP contribution in [0.25, 0.3) is 11.5 Å². The van der Waals surface area contributed by atoms with Gasteiger partial charge in [0.1, 0.15) is 17.3 Å². The first kappa shape index (κ1) is 20.1. The van der Waals surface area contributed by atoms with Crippen LogP contribution in [0.1, 0.15) is 18.5 Å². The smallest absolute Gasteiger partial charge is 0.433 e. The van der Waals surface area contributed by atoms with Crippen LogP contribution < -0.4 is 9.64 Å². The van der Waals surface area contributed by atoms with Gasteiger partial charge in [0.2, 0.25) is 0 Å². The molecule has 4 rings (SSSR count). The van der Waals surface area contributed by atoms with Crippen molar-refractivity contribution in [1.82, 2.24) is 15.0 Å². The fraction of sp³-hybridized carbons (Fsp3) is 0.318. The number of piperidine rings is 1. The van der Waals surface area contributed by atoms with E-state index in [1.807, 2.05) is 35.2 Å². The molecule has 3 aromatic rings. The van der Waals surface area contributed by atoms with E-state index in [2.05, 4.69) is 15.0 Å². The molecule has 0 bridgehead atoms. The monoisotopic (exact) mass is 414 g/mol. The van der Waals surface area contributed by atoms with Gasteiger partial charge < -0.3 is 9.64 Å². The molecule has 30 heavy (non-hydrogen) atoms. The second-order valence-corrected chi connectivity index (χ2v) is 7.23. The molecule has 0 amide bonds. The van der Waals surface area contributed by atoms with E-state index in [1.165, 1.54) is 6.20 Å². The van der Waals surface area contributed by atoms with Gasteiger partial charge in [-0.05, 0) is 37.1 Å². The Balaban J connectivity index is 1.56. The van der Waals surface area contributed by atoms with Crippen molar-refractivity contribution in [2.24, 2.45) is 5.92 Å². The Morgan fingerprint density at radius 2 is 1.83 bits per heavy atom. The van der Waals surface area contributed by atoms with Crippen LogP contribution in [-0.4, -0.2) is 34.6 Å². The van der Waals surface area contributed by atoms with E-state index < -0.39 is 11.9 Å². The topological polar surface area (TPSA) is 51.1 Å². The number of alkyl halides is 3. The summed E-state index contributed by atoms with van der Waals surface area (Å²) in [4.78, 5) is 14.1. The Bertz CT molecular complexity index is 967. The minimum Gasteiger partial charge on any atom is -0.493 e. The number of pyridine rings is 1. The highest BCUT2D eigenvalue weighted by Gasteiger charge is 2.35. The van der Waals surface area contributed by atoms with Crippen molar-refractivity contribution in [2.75, 3.05) is 24.6 Å². The summed E-state index contributed by atoms with van der Waals surface area (Å²) < 4.78 is 46.3. The van der Waals surface area contributed by atoms with Crippen LogP contribution in [-0.2, 0) is 6.18 Å². The number of anilines is 1. The van der Waals surface area contributed by atoms with Gasteiger partial charge in [-0.3, -0.25) is 4.98 Å². The van der Waals surface area contributed by atoms with Gasteiger partial charge in [0.05, 0.1) is 6.61 Å². The molecular formula is C22H21F3N4O. The lowest BCUT2D eigenvalue weighted by molar-refractivity contribution is -0.141. The lowest BCUT2D eigenvalue weighted by Gasteiger charge is -2.33. The standard InChI is InChI=1S/C22H21F3N4O/c23-22(24,25)19-13-20(28-21(27-19)18-10-4-5-11-26-18)29-12-6-7-16(14-29)15-30-17-8-2-1-3-9-17/h1-5,8-11,13,16H,6-7,12,14-15H2. The van der Waals surface area contributed by atoms with E-state index in [0.29, 0.717) is 25.4 Å². The zero-order chi connectivity index (χ0) is 21.0. The van der Waals surface area contributed by atoms with E-state index >= 15 is 0 Å². The predicted octanol–water partition coefficient (Wildman–Crippen LogP) is 4.85. The van der Waals surface area contributed by atoms with Gasteiger partial charge in [0, 0.05) is 31.3 Å². The number of rotatable bonds is 5. The maximum Gasteiger partial charge on any atom is 0.433 e. The molecule has 1 aliphatic rings. The largest absolute Gasteiger partial charge is 0.493 e. The van der Waals surface area contributed by atoms with Gasteiger partial charge in [0.25, 0.3) is 0 Å². The molecule has 1 unspecified atom stereocenters. The van der Waals surface area contributed by atoms with Crippen LogP contribution >= 0.6 is 0 Å². The third-order valence-corrected chi connectivity index (χ3v) is 4.97. The van der Waals surface area contributed by atoms with Crippen molar-refractivity contribution in [3.63, 3.8) is 0 Å². The Labute approximate surface area is 172 Å². The number of halogens is 3. The number of hydrogen-bond acceptors (Lipinski definition) is 5. The van der Waals surface area contributed by atoms with Crippen LogP contribution in [0.4, 0.5) is 19.0 Å². The summed E-state index contributed by atoms with van der Waals surface area (Å²) in [5.74, 6) is 1.22. The van der Waals surface area contributed by atoms with Gasteiger partial charge in [-0.25, -0.2) is 9.97 Å². The molecule has 2 aromatic heterocycles. The molecule has 0 saturated carbocycles. The van der Waals surface area contributed by atoms with Crippen molar-refractivity contribution in [1.29, 1.82) is 0 Å². The number of hydrogen-bond donors (Lipinski definition) is 0. The molecule has 8 heteroatoms. The van der Waals surface area contributed by atoms with Crippen molar-refractivity contribution < 1.29 is 17.9 Å². The molecule has 0 aliphatic carbocycles. The van der Waals surface area contributed by atoms with Gasteiger partial charge in [0.15, 0.2) is 11.5 Å². The predicted molar refractivity (Wildman–Crippen MR) is 107 cm³/mol. The molecule has 1 fully saturated rings. The average molecular weight is 414 g/mol. The quantitative estimate of drug-likeness (QED) is 0.597. The van der Waals surface area contributed by atoms with E-state index in [1.54, 1.807) is 18.2 Å². The summed E-state index contributed by atoms with van der Waals surface area (Å²) in [6, 6.07) is 15.5. The van der Waals surface area contributed by atoms with Crippen molar-refractivity contribution >= 4 is 5.82 Å². The summed E-state index contributed by atoms with van der Waals surface area (Å²) in [5, 5.41) is 0. The lowest BCUT2D eigenvalue weighted by atomic mass is 9.99. The molecule has 0 spiro atoms. The number of nitrogens with zero attached hydrogens (tertiary/aromatic N) is 4. The Hall–Kier alpha value is -3.16. The summed E-state index contributed by atoms with van der Waals surface area (Å²) in [6.07, 6.45) is -1.25. The van der Waals surface area contributed by atoms with E-state index in [9.17, 15) is 13.2 Å². The fourth-order valence-electron chi connectivity index (χ4n) is 3.49. The molecule has 0 radical (unpaired) electrons. The Kier molecular flexibility index (Phi) is 5.83. The fourth-order valence-corrected chi connectivity index (χ4v) is 3.49. The zero-order valence-corrected chi connectivity index (χ0v) is 16.2. The van der Waals surface area contributed by atoms with Crippen molar-refractivity contribution in [3.8, 4) is 17.3 Å². The van der Waals surface area contributed by atoms with Crippen LogP contribution in [0.5, 0.6) is 5.75 Å². The summed E-state index contributed by atoms with van der Waals surface area (Å²) >= 11 is 0. The third kappa shape index (κ3) is 4.87. The van der Waals surface area contributed by atoms with E-state index in [4.69, 9.17) is 4.74 Å². The first-order chi connectivity index (χ1) is 14.5. The number of ether oxygens (including phenoxy) is 1. The van der Waals surface area contributed by atoms with Crippen LogP contribution in [0.3, 0.4) is 0 Å². The summed E-state index contributed by atoms with van der Waals surface area (Å²) in [6.45, 7) is 1.71. The van der Waals surface area contributed by atoms with Crippen LogP contribution in [0, 0.1) is 5.92 Å². The maximum atomic E-state index is 13.5. The Morgan fingerprint density at radius 3 is 2.57 bits per heavy atom. The molecule has 1 atom stereocenters. The number of aromatic nitrogens is 3. The van der Waals surface area contributed by atoms with Gasteiger partial charge in [-0.2, -0.15) is 13.2 Å². The molecule has 5 nitrogen and oxygen atoms in total. The second-order valence-electron chi connectivity index (χ2n) is 7.23. The highest BCUT2D eigenvalue weighted by Crippen LogP contribution is 2.32. The molecule has 1 aliphatic heterocycles. The highest BCUT2D eigenvalue weighted by atomic mass is 19.4. The first-order valence-corrected chi connectivity index (χ1v) is 9.79. The van der Waals surface area contributed by atoms with Gasteiger partial charge >= 0.3 is 6.18 Å². The molecule has 156 valence electrons. The van der Waals surface area contributed by atoms with E-state index in [0.717, 1.165) is 24.7 Å². The number of para-hydroxylation sites is 1. The molecule has 1 aromatic carbocycles. The van der Waals surface area contributed by atoms with Crippen molar-refractivity contribution in [3.05, 3.63) is 66.5 Å². The molecule has 1 saturated heterocycles. The Morgan fingerprint density at radius 1 is 1.03 bits per heavy atom. The second kappa shape index (κ2) is 8.69. The molecular weight excluding hydrogens is 393 g/mol. The van der Waals surface area contributed by atoms with Gasteiger partial charge in [-0.15, -0.1) is 0 Å². The summed E-state index contributed by atoms with van der Waals surface area (Å²) in [5.41, 5.74) is -0.651. The van der Waals surface area contributed by atoms with Crippen LogP contribution in [0.2, 0.25) is 0 Å². The normalized spacial score (nSPS) is 17.0. The van der Waals surface area contributed by atoms with Gasteiger partial charge in [-0.1, -0.05) is 24.3 Å². The molecule has 3 heterocycles. The zero-order valence-electron chi connectivity index (χ0n) is 16.2. The lowest BCUT2D eigenvalue weighted by Crippen LogP contribution is -2.38. The minimum absolute atomic E-state index is 0.0249. The molecule has 0 N–H and O–H groups in total. The summed E-state index contributed by atoms with van der Waals surface area (Å²) in [7, 11) is 0. The van der Waals surface area contributed by atoms with Crippen LogP contribution in [0.15, 0.2) is 60.8 Å². The highest BCUT2D eigenvalue weighted by molar-refractivity contribution is 5.54.